The highest BCUT2D eigenvalue weighted by atomic mass is 32.1. The Balaban J connectivity index is 0.000000582. The lowest BCUT2D eigenvalue weighted by Crippen LogP contribution is -2.53. The Bertz CT molecular complexity index is 816. The van der Waals surface area contributed by atoms with Gasteiger partial charge in [-0.15, -0.1) is 11.3 Å². The number of aliphatic hydroxyl groups excluding tert-OH is 1. The Morgan fingerprint density at radius 2 is 1.58 bits per heavy atom. The number of piperidine rings is 1. The maximum Gasteiger partial charge on any atom is 0.290 e. The number of halogens is 1. The van der Waals surface area contributed by atoms with E-state index in [1.165, 1.54) is 25.0 Å². The van der Waals surface area contributed by atoms with Gasteiger partial charge in [0.2, 0.25) is 0 Å². The molecule has 0 spiro atoms. The predicted molar refractivity (Wildman–Crippen MR) is 125 cm³/mol. The number of hydrogen-bond acceptors (Lipinski definition) is 8. The van der Waals surface area contributed by atoms with Gasteiger partial charge < -0.3 is 20.2 Å². The second-order valence-electron chi connectivity index (χ2n) is 7.55. The molecule has 2 aliphatic heterocycles. The zero-order valence-corrected chi connectivity index (χ0v) is 19.2. The molecular formula is C22H31FN4O5S. The van der Waals surface area contributed by atoms with Crippen molar-refractivity contribution in [1.29, 1.82) is 0 Å². The molecule has 11 heteroatoms. The smallest absolute Gasteiger partial charge is 0.290 e. The van der Waals surface area contributed by atoms with E-state index in [9.17, 15) is 4.39 Å². The number of carbonyl (C=O) groups is 2. The zero-order chi connectivity index (χ0) is 24.1. The Labute approximate surface area is 196 Å². The molecule has 0 saturated carbocycles. The Hall–Kier alpha value is -2.60. The van der Waals surface area contributed by atoms with Crippen LogP contribution in [-0.2, 0) is 9.59 Å². The fourth-order valence-electron chi connectivity index (χ4n) is 4.08. The first-order chi connectivity index (χ1) is 16.1. The highest BCUT2D eigenvalue weighted by Crippen LogP contribution is 2.30. The average molecular weight is 483 g/mol. The SMILES string of the molecule is O=CO.O=CO.OCCN1CCN(C2CCN(c3nc(-c4ccc(F)cc4)cs3)CC2)CC1. The monoisotopic (exact) mass is 482 g/mol. The second-order valence-corrected chi connectivity index (χ2v) is 8.39. The van der Waals surface area contributed by atoms with Crippen LogP contribution in [0.3, 0.4) is 0 Å². The van der Waals surface area contributed by atoms with Crippen molar-refractivity contribution in [2.75, 3.05) is 57.3 Å². The van der Waals surface area contributed by atoms with E-state index in [-0.39, 0.29) is 25.4 Å². The first kappa shape index (κ1) is 26.7. The van der Waals surface area contributed by atoms with E-state index in [1.54, 1.807) is 23.5 Å². The lowest BCUT2D eigenvalue weighted by atomic mass is 10.0. The van der Waals surface area contributed by atoms with Crippen molar-refractivity contribution in [3.63, 3.8) is 0 Å². The maximum atomic E-state index is 13.1. The number of aromatic nitrogens is 1. The summed E-state index contributed by atoms with van der Waals surface area (Å²) >= 11 is 1.67. The van der Waals surface area contributed by atoms with Gasteiger partial charge in [0.1, 0.15) is 5.82 Å². The Morgan fingerprint density at radius 3 is 2.12 bits per heavy atom. The van der Waals surface area contributed by atoms with E-state index < -0.39 is 0 Å². The van der Waals surface area contributed by atoms with Crippen molar-refractivity contribution < 1.29 is 29.3 Å². The van der Waals surface area contributed by atoms with Crippen molar-refractivity contribution in [3.8, 4) is 11.3 Å². The van der Waals surface area contributed by atoms with Gasteiger partial charge in [-0.05, 0) is 37.1 Å². The molecule has 0 unspecified atom stereocenters. The van der Waals surface area contributed by atoms with Crippen LogP contribution in [0.1, 0.15) is 12.8 Å². The summed E-state index contributed by atoms with van der Waals surface area (Å²) in [5.41, 5.74) is 1.90. The van der Waals surface area contributed by atoms with Gasteiger partial charge in [0.25, 0.3) is 12.9 Å². The molecule has 2 aliphatic rings. The summed E-state index contributed by atoms with van der Waals surface area (Å²) in [4.78, 5) is 28.9. The van der Waals surface area contributed by atoms with Gasteiger partial charge >= 0.3 is 0 Å². The number of benzene rings is 1. The summed E-state index contributed by atoms with van der Waals surface area (Å²) in [6, 6.07) is 7.21. The Kier molecular flexibility index (Phi) is 11.7. The van der Waals surface area contributed by atoms with E-state index in [2.05, 4.69) is 20.1 Å². The van der Waals surface area contributed by atoms with Crippen LogP contribution in [0.2, 0.25) is 0 Å². The van der Waals surface area contributed by atoms with Crippen molar-refractivity contribution in [1.82, 2.24) is 14.8 Å². The summed E-state index contributed by atoms with van der Waals surface area (Å²) in [6.07, 6.45) is 2.34. The third-order valence-electron chi connectivity index (χ3n) is 5.71. The molecular weight excluding hydrogens is 451 g/mol. The number of thiazole rings is 1. The van der Waals surface area contributed by atoms with Gasteiger partial charge in [0.05, 0.1) is 12.3 Å². The van der Waals surface area contributed by atoms with Gasteiger partial charge in [-0.25, -0.2) is 9.37 Å². The molecule has 0 aliphatic carbocycles. The van der Waals surface area contributed by atoms with Crippen molar-refractivity contribution in [3.05, 3.63) is 35.5 Å². The molecule has 0 radical (unpaired) electrons. The summed E-state index contributed by atoms with van der Waals surface area (Å²) in [5, 5.41) is 26.0. The minimum Gasteiger partial charge on any atom is -0.483 e. The van der Waals surface area contributed by atoms with Crippen molar-refractivity contribution in [2.45, 2.75) is 18.9 Å². The van der Waals surface area contributed by atoms with Gasteiger partial charge in [-0.2, -0.15) is 0 Å². The minimum absolute atomic E-state index is 0.214. The summed E-state index contributed by atoms with van der Waals surface area (Å²) in [7, 11) is 0. The van der Waals surface area contributed by atoms with Crippen LogP contribution < -0.4 is 4.90 Å². The van der Waals surface area contributed by atoms with E-state index in [1.807, 2.05) is 0 Å². The third-order valence-corrected chi connectivity index (χ3v) is 6.61. The fraction of sp³-hybridized carbons (Fsp3) is 0.500. The average Bonchev–Trinajstić information content (AvgIpc) is 3.32. The van der Waals surface area contributed by atoms with Gasteiger partial charge in [0, 0.05) is 62.8 Å². The second kappa shape index (κ2) is 14.5. The molecule has 2 fully saturated rings. The predicted octanol–water partition coefficient (Wildman–Crippen LogP) is 1.93. The number of β-amino-alcohol motifs (C(OH)–C–C–N with tert-alkyl or cyclic N) is 1. The highest BCUT2D eigenvalue weighted by Gasteiger charge is 2.28. The number of aliphatic hydroxyl groups is 1. The van der Waals surface area contributed by atoms with Crippen molar-refractivity contribution in [2.24, 2.45) is 0 Å². The quantitative estimate of drug-likeness (QED) is 0.550. The number of carboxylic acid groups (broad SMARTS) is 2. The number of nitrogens with zero attached hydrogens (tertiary/aromatic N) is 4. The molecule has 2 aromatic rings. The van der Waals surface area contributed by atoms with Crippen LogP contribution >= 0.6 is 11.3 Å². The molecule has 4 rings (SSSR count). The maximum absolute atomic E-state index is 13.1. The minimum atomic E-state index is -0.250. The molecule has 0 bridgehead atoms. The van der Waals surface area contributed by atoms with Crippen LogP contribution in [0.25, 0.3) is 11.3 Å². The standard InChI is InChI=1S/C20H27FN4OS.2CH2O2/c21-17-3-1-16(2-4-17)19-15-27-20(22-19)25-7-5-18(6-8-25)24-11-9-23(10-12-24)13-14-26;2*2-1-3/h1-4,15,18,26H,5-14H2;2*1H,(H,2,3). The molecule has 1 aromatic heterocycles. The summed E-state index contributed by atoms with van der Waals surface area (Å²) in [5.74, 6) is -0.214. The number of piperazine rings is 1. The molecule has 0 amide bonds. The lowest BCUT2D eigenvalue weighted by molar-refractivity contribution is -0.123. The first-order valence-corrected chi connectivity index (χ1v) is 11.6. The summed E-state index contributed by atoms with van der Waals surface area (Å²) < 4.78 is 13.1. The van der Waals surface area contributed by atoms with E-state index >= 15 is 0 Å². The van der Waals surface area contributed by atoms with Gasteiger partial charge in [0.15, 0.2) is 5.13 Å². The number of hydrogen-bond donors (Lipinski definition) is 3. The van der Waals surface area contributed by atoms with Gasteiger partial charge in [-0.1, -0.05) is 0 Å². The van der Waals surface area contributed by atoms with E-state index in [4.69, 9.17) is 29.9 Å². The normalized spacial score (nSPS) is 17.3. The van der Waals surface area contributed by atoms with Crippen molar-refractivity contribution >= 4 is 29.4 Å². The van der Waals surface area contributed by atoms with Gasteiger partial charge in [-0.3, -0.25) is 19.4 Å². The van der Waals surface area contributed by atoms with Crippen LogP contribution in [-0.4, -0.2) is 102 Å². The summed E-state index contributed by atoms with van der Waals surface area (Å²) in [6.45, 7) is 6.98. The van der Waals surface area contributed by atoms with Crippen LogP contribution in [0.15, 0.2) is 29.6 Å². The zero-order valence-electron chi connectivity index (χ0n) is 18.4. The molecule has 3 heterocycles. The van der Waals surface area contributed by atoms with Crippen LogP contribution in [0.5, 0.6) is 0 Å². The first-order valence-electron chi connectivity index (χ1n) is 10.8. The molecule has 33 heavy (non-hydrogen) atoms. The number of rotatable bonds is 5. The lowest BCUT2D eigenvalue weighted by Gasteiger charge is -2.42. The molecule has 0 atom stereocenters. The largest absolute Gasteiger partial charge is 0.483 e. The molecule has 3 N–H and O–H groups in total. The van der Waals surface area contributed by atoms with Crippen LogP contribution in [0.4, 0.5) is 9.52 Å². The third kappa shape index (κ3) is 8.35. The molecule has 182 valence electrons. The van der Waals surface area contributed by atoms with Crippen LogP contribution in [0, 0.1) is 5.82 Å². The molecule has 1 aromatic carbocycles. The highest BCUT2D eigenvalue weighted by molar-refractivity contribution is 7.14. The van der Waals surface area contributed by atoms with E-state index in [0.29, 0.717) is 6.04 Å². The Morgan fingerprint density at radius 1 is 1.00 bits per heavy atom. The number of anilines is 1. The molecule has 2 saturated heterocycles. The fourth-order valence-corrected chi connectivity index (χ4v) is 4.97. The topological polar surface area (TPSA) is 117 Å². The van der Waals surface area contributed by atoms with E-state index in [0.717, 1.165) is 62.2 Å². The molecule has 9 nitrogen and oxygen atoms in total.